The van der Waals surface area contributed by atoms with Gasteiger partial charge in [-0.2, -0.15) is 0 Å². The minimum absolute atomic E-state index is 0.221. The molecule has 1 rings (SSSR count). The van der Waals surface area contributed by atoms with Crippen LogP contribution in [0.4, 0.5) is 0 Å². The average Bonchev–Trinajstić information content (AvgIpc) is 2.75. The Balaban J connectivity index is 1.81. The number of ether oxygens (including phenoxy) is 2. The lowest BCUT2D eigenvalue weighted by molar-refractivity contribution is -0.208. The Morgan fingerprint density at radius 3 is 1.87 bits per heavy atom. The largest absolute Gasteiger partial charge is 0.394 e. The molecule has 0 aromatic heterocycles. The van der Waals surface area contributed by atoms with Crippen molar-refractivity contribution < 1.29 is 24.8 Å². The summed E-state index contributed by atoms with van der Waals surface area (Å²) in [6.45, 7) is 2.76. The normalized spacial score (nSPS) is 24.7. The first-order chi connectivity index (χ1) is 14.7. The van der Waals surface area contributed by atoms with Crippen molar-refractivity contribution in [2.75, 3.05) is 19.8 Å². The van der Waals surface area contributed by atoms with Gasteiger partial charge >= 0.3 is 0 Å². The van der Waals surface area contributed by atoms with E-state index in [9.17, 15) is 10.2 Å². The maximum absolute atomic E-state index is 10.0. The Labute approximate surface area is 184 Å². The van der Waals surface area contributed by atoms with E-state index < -0.39 is 24.4 Å². The molecule has 0 aromatic rings. The third-order valence-corrected chi connectivity index (χ3v) is 6.00. The lowest BCUT2D eigenvalue weighted by atomic mass is 10.0. The molecule has 1 fully saturated rings. The highest BCUT2D eigenvalue weighted by atomic mass is 16.6. The average molecular weight is 429 g/mol. The first-order valence-corrected chi connectivity index (χ1v) is 12.6. The maximum atomic E-state index is 10.0. The Bertz CT molecular complexity index is 401. The molecule has 0 amide bonds. The van der Waals surface area contributed by atoms with Gasteiger partial charge in [-0.1, -0.05) is 83.3 Å². The minimum atomic E-state index is -1.08. The van der Waals surface area contributed by atoms with Crippen LogP contribution >= 0.6 is 0 Å². The van der Waals surface area contributed by atoms with Gasteiger partial charge in [0, 0.05) is 6.61 Å². The van der Waals surface area contributed by atoms with Crippen molar-refractivity contribution in [3.63, 3.8) is 0 Å². The van der Waals surface area contributed by atoms with Crippen molar-refractivity contribution >= 4 is 0 Å². The molecule has 0 radical (unpaired) electrons. The molecule has 1 heterocycles. The summed E-state index contributed by atoms with van der Waals surface area (Å²) in [5.41, 5.74) is 0. The predicted molar refractivity (Wildman–Crippen MR) is 123 cm³/mol. The quantitative estimate of drug-likeness (QED) is 0.201. The Morgan fingerprint density at radius 1 is 0.767 bits per heavy atom. The van der Waals surface area contributed by atoms with Crippen molar-refractivity contribution in [1.29, 1.82) is 0 Å². The lowest BCUT2D eigenvalue weighted by Crippen LogP contribution is -2.55. The van der Waals surface area contributed by atoms with E-state index in [4.69, 9.17) is 14.6 Å². The van der Waals surface area contributed by atoms with E-state index in [0.717, 1.165) is 12.8 Å². The second-order valence-electron chi connectivity index (χ2n) is 8.74. The highest BCUT2D eigenvalue weighted by Gasteiger charge is 2.38. The number of hydrogen-bond donors (Lipinski definition) is 3. The summed E-state index contributed by atoms with van der Waals surface area (Å²) >= 11 is 0. The smallest absolute Gasteiger partial charge is 0.111 e. The van der Waals surface area contributed by atoms with Gasteiger partial charge in [0.2, 0.25) is 0 Å². The van der Waals surface area contributed by atoms with E-state index in [1.165, 1.54) is 83.5 Å². The Morgan fingerprint density at radius 2 is 1.30 bits per heavy atom. The number of aliphatic hydroxyl groups is 3. The molecule has 0 aromatic carbocycles. The van der Waals surface area contributed by atoms with Crippen LogP contribution < -0.4 is 0 Å². The van der Waals surface area contributed by atoms with E-state index in [0.29, 0.717) is 6.61 Å². The molecule has 0 spiro atoms. The Kier molecular flexibility index (Phi) is 17.7. The van der Waals surface area contributed by atoms with E-state index >= 15 is 0 Å². The van der Waals surface area contributed by atoms with Crippen LogP contribution in [0.25, 0.3) is 0 Å². The molecule has 0 unspecified atom stereocenters. The summed E-state index contributed by atoms with van der Waals surface area (Å²) in [6, 6.07) is 0. The minimum Gasteiger partial charge on any atom is -0.394 e. The van der Waals surface area contributed by atoms with Crippen molar-refractivity contribution in [3.8, 4) is 0 Å². The van der Waals surface area contributed by atoms with Crippen LogP contribution in [0.5, 0.6) is 0 Å². The van der Waals surface area contributed by atoms with Gasteiger partial charge in [0.1, 0.15) is 24.4 Å². The molecule has 0 bridgehead atoms. The fourth-order valence-corrected chi connectivity index (χ4v) is 3.92. The van der Waals surface area contributed by atoms with E-state index in [2.05, 4.69) is 19.1 Å². The van der Waals surface area contributed by atoms with Gasteiger partial charge in [-0.15, -0.1) is 0 Å². The molecule has 1 aliphatic rings. The SMILES string of the molecule is CCCCC/C=C/CCCCCCCCCCCCO[C@H]1CO[C@H](CO)[C@@H](O)[C@@H]1O. The van der Waals surface area contributed by atoms with Crippen molar-refractivity contribution in [3.05, 3.63) is 12.2 Å². The van der Waals surface area contributed by atoms with Gasteiger partial charge in [-0.25, -0.2) is 0 Å². The number of aliphatic hydroxyl groups excluding tert-OH is 3. The Hall–Kier alpha value is -0.460. The summed E-state index contributed by atoms with van der Waals surface area (Å²) in [4.78, 5) is 0. The summed E-state index contributed by atoms with van der Waals surface area (Å²) in [7, 11) is 0. The zero-order chi connectivity index (χ0) is 21.9. The fraction of sp³-hybridized carbons (Fsp3) is 0.920. The molecule has 0 saturated carbocycles. The molecule has 30 heavy (non-hydrogen) atoms. The van der Waals surface area contributed by atoms with Gasteiger partial charge < -0.3 is 24.8 Å². The van der Waals surface area contributed by atoms with E-state index in [1.807, 2.05) is 0 Å². The van der Waals surface area contributed by atoms with Crippen LogP contribution in [0.2, 0.25) is 0 Å². The van der Waals surface area contributed by atoms with Crippen LogP contribution in [-0.4, -0.2) is 59.6 Å². The highest BCUT2D eigenvalue weighted by Crippen LogP contribution is 2.18. The zero-order valence-corrected chi connectivity index (χ0v) is 19.4. The van der Waals surface area contributed by atoms with E-state index in [1.54, 1.807) is 0 Å². The standard InChI is InChI=1S/C25H48O5/c1-2-3-4-5-6-7-8-9-10-11-12-13-14-15-16-17-18-19-29-23-21-30-22(20-26)24(27)25(23)28/h6-7,22-28H,2-5,8-21H2,1H3/b7-6+/t22-,23+,24-,25-/m1/s1. The molecule has 4 atom stereocenters. The number of rotatable bonds is 19. The summed E-state index contributed by atoms with van der Waals surface area (Å²) in [5, 5.41) is 28.9. The van der Waals surface area contributed by atoms with Crippen LogP contribution in [-0.2, 0) is 9.47 Å². The lowest BCUT2D eigenvalue weighted by Gasteiger charge is -2.36. The molecule has 178 valence electrons. The summed E-state index contributed by atoms with van der Waals surface area (Å²) < 4.78 is 11.0. The molecule has 0 aliphatic carbocycles. The van der Waals surface area contributed by atoms with Crippen LogP contribution in [0, 0.1) is 0 Å². The first kappa shape index (κ1) is 27.6. The monoisotopic (exact) mass is 428 g/mol. The van der Waals surface area contributed by atoms with Gasteiger partial charge in [0.05, 0.1) is 13.2 Å². The van der Waals surface area contributed by atoms with Crippen molar-refractivity contribution in [1.82, 2.24) is 0 Å². The number of allylic oxidation sites excluding steroid dienone is 2. The van der Waals surface area contributed by atoms with Crippen molar-refractivity contribution in [2.24, 2.45) is 0 Å². The molecule has 1 aliphatic heterocycles. The summed E-state index contributed by atoms with van der Waals surface area (Å²) in [6.07, 6.45) is 20.7. The second-order valence-corrected chi connectivity index (χ2v) is 8.74. The highest BCUT2D eigenvalue weighted by molar-refractivity contribution is 4.87. The van der Waals surface area contributed by atoms with Gasteiger partial charge in [-0.3, -0.25) is 0 Å². The van der Waals surface area contributed by atoms with Gasteiger partial charge in [-0.05, 0) is 32.1 Å². The maximum Gasteiger partial charge on any atom is 0.111 e. The van der Waals surface area contributed by atoms with Gasteiger partial charge in [0.25, 0.3) is 0 Å². The van der Waals surface area contributed by atoms with Crippen LogP contribution in [0.15, 0.2) is 12.2 Å². The van der Waals surface area contributed by atoms with Gasteiger partial charge in [0.15, 0.2) is 0 Å². The zero-order valence-electron chi connectivity index (χ0n) is 19.4. The predicted octanol–water partition coefficient (Wildman–Crippen LogP) is 4.91. The van der Waals surface area contributed by atoms with Crippen LogP contribution in [0.1, 0.15) is 103 Å². The molecule has 5 nitrogen and oxygen atoms in total. The molecular formula is C25H48O5. The van der Waals surface area contributed by atoms with E-state index in [-0.39, 0.29) is 13.2 Å². The van der Waals surface area contributed by atoms with Crippen LogP contribution in [0.3, 0.4) is 0 Å². The second kappa shape index (κ2) is 19.2. The molecule has 5 heteroatoms. The molecule has 3 N–H and O–H groups in total. The number of unbranched alkanes of at least 4 members (excludes halogenated alkanes) is 13. The first-order valence-electron chi connectivity index (χ1n) is 12.6. The third kappa shape index (κ3) is 13.1. The third-order valence-electron chi connectivity index (χ3n) is 6.00. The van der Waals surface area contributed by atoms with Crippen molar-refractivity contribution in [2.45, 2.75) is 128 Å². The summed E-state index contributed by atoms with van der Waals surface area (Å²) in [5.74, 6) is 0. The molecular weight excluding hydrogens is 380 g/mol. The molecule has 1 saturated heterocycles. The fourth-order valence-electron chi connectivity index (χ4n) is 3.92. The topological polar surface area (TPSA) is 79.2 Å². The number of hydrogen-bond acceptors (Lipinski definition) is 5.